The van der Waals surface area contributed by atoms with Crippen LogP contribution >= 0.6 is 0 Å². The van der Waals surface area contributed by atoms with Gasteiger partial charge in [-0.05, 0) is 31.9 Å². The largest absolute Gasteiger partial charge is 0.493 e. The molecular formula is C17H22N2O3S. The van der Waals surface area contributed by atoms with E-state index in [1.165, 1.54) is 0 Å². The van der Waals surface area contributed by atoms with Crippen molar-refractivity contribution in [1.82, 2.24) is 4.31 Å². The lowest BCUT2D eigenvalue weighted by atomic mass is 10.1. The van der Waals surface area contributed by atoms with Gasteiger partial charge in [-0.25, -0.2) is 8.42 Å². The first kappa shape index (κ1) is 16.2. The number of hydrogen-bond acceptors (Lipinski definition) is 4. The van der Waals surface area contributed by atoms with E-state index in [-0.39, 0.29) is 6.04 Å². The maximum absolute atomic E-state index is 13.1. The van der Waals surface area contributed by atoms with E-state index in [9.17, 15) is 8.42 Å². The van der Waals surface area contributed by atoms with Crippen LogP contribution in [0.3, 0.4) is 0 Å². The fourth-order valence-corrected chi connectivity index (χ4v) is 5.14. The first-order chi connectivity index (χ1) is 11.1. The molecule has 1 fully saturated rings. The van der Waals surface area contributed by atoms with E-state index in [0.29, 0.717) is 35.7 Å². The standard InChI is InChI=1S/C17H22N2O3S/c1-2-22-16-9-10-17(15-8-4-3-7-14(15)16)23(20,21)19-11-5-6-13(19)12-18/h3-4,7-10,13H,2,5-6,11-12,18H2,1H3. The van der Waals surface area contributed by atoms with Crippen LogP contribution in [-0.2, 0) is 10.0 Å². The second kappa shape index (κ2) is 6.47. The Balaban J connectivity index is 2.15. The molecule has 3 rings (SSSR count). The number of sulfonamides is 1. The number of hydrogen-bond donors (Lipinski definition) is 1. The highest BCUT2D eigenvalue weighted by Gasteiger charge is 2.35. The molecule has 0 saturated carbocycles. The predicted molar refractivity (Wildman–Crippen MR) is 91.1 cm³/mol. The van der Waals surface area contributed by atoms with Crippen molar-refractivity contribution < 1.29 is 13.2 Å². The summed E-state index contributed by atoms with van der Waals surface area (Å²) < 4.78 is 33.4. The monoisotopic (exact) mass is 334 g/mol. The molecule has 1 atom stereocenters. The van der Waals surface area contributed by atoms with Crippen LogP contribution < -0.4 is 10.5 Å². The maximum Gasteiger partial charge on any atom is 0.243 e. The van der Waals surface area contributed by atoms with Crippen molar-refractivity contribution >= 4 is 20.8 Å². The van der Waals surface area contributed by atoms with Gasteiger partial charge in [-0.15, -0.1) is 0 Å². The van der Waals surface area contributed by atoms with Crippen molar-refractivity contribution in [3.8, 4) is 5.75 Å². The van der Waals surface area contributed by atoms with Gasteiger partial charge < -0.3 is 10.5 Å². The first-order valence-corrected chi connectivity index (χ1v) is 9.40. The molecule has 2 aromatic carbocycles. The van der Waals surface area contributed by atoms with Crippen LogP contribution in [0.1, 0.15) is 19.8 Å². The molecule has 0 spiro atoms. The third kappa shape index (κ3) is 2.82. The highest BCUT2D eigenvalue weighted by molar-refractivity contribution is 7.89. The number of fused-ring (bicyclic) bond motifs is 1. The van der Waals surface area contributed by atoms with E-state index in [2.05, 4.69) is 0 Å². The van der Waals surface area contributed by atoms with Crippen LogP contribution in [0.4, 0.5) is 0 Å². The smallest absolute Gasteiger partial charge is 0.243 e. The molecule has 1 heterocycles. The zero-order valence-corrected chi connectivity index (χ0v) is 14.1. The number of nitrogens with zero attached hydrogens (tertiary/aromatic N) is 1. The first-order valence-electron chi connectivity index (χ1n) is 7.96. The summed E-state index contributed by atoms with van der Waals surface area (Å²) in [7, 11) is -3.56. The summed E-state index contributed by atoms with van der Waals surface area (Å²) in [4.78, 5) is 0.330. The predicted octanol–water partition coefficient (Wildman–Crippen LogP) is 2.35. The van der Waals surface area contributed by atoms with E-state index in [4.69, 9.17) is 10.5 Å². The Kier molecular flexibility index (Phi) is 4.57. The molecule has 2 aromatic rings. The normalized spacial score (nSPS) is 19.3. The Morgan fingerprint density at radius 3 is 2.65 bits per heavy atom. The molecule has 0 radical (unpaired) electrons. The van der Waals surface area contributed by atoms with Crippen LogP contribution in [0.15, 0.2) is 41.3 Å². The van der Waals surface area contributed by atoms with Gasteiger partial charge in [0.05, 0.1) is 11.5 Å². The van der Waals surface area contributed by atoms with Crippen molar-refractivity contribution in [2.75, 3.05) is 19.7 Å². The molecule has 1 saturated heterocycles. The summed E-state index contributed by atoms with van der Waals surface area (Å²) in [6, 6.07) is 10.7. The van der Waals surface area contributed by atoms with E-state index in [1.807, 2.05) is 31.2 Å². The third-order valence-corrected chi connectivity index (χ3v) is 6.34. The van der Waals surface area contributed by atoms with Crippen molar-refractivity contribution in [1.29, 1.82) is 0 Å². The average molecular weight is 334 g/mol. The molecule has 124 valence electrons. The average Bonchev–Trinajstić information content (AvgIpc) is 3.05. The molecule has 0 aromatic heterocycles. The van der Waals surface area contributed by atoms with Crippen molar-refractivity contribution in [3.63, 3.8) is 0 Å². The van der Waals surface area contributed by atoms with Crippen LogP contribution in [-0.4, -0.2) is 38.5 Å². The maximum atomic E-state index is 13.1. The molecule has 2 N–H and O–H groups in total. The van der Waals surface area contributed by atoms with Gasteiger partial charge in [0.15, 0.2) is 0 Å². The molecule has 5 nitrogen and oxygen atoms in total. The number of benzene rings is 2. The second-order valence-corrected chi connectivity index (χ2v) is 7.55. The minimum Gasteiger partial charge on any atom is -0.493 e. The van der Waals surface area contributed by atoms with Gasteiger partial charge in [0.1, 0.15) is 5.75 Å². The van der Waals surface area contributed by atoms with E-state index < -0.39 is 10.0 Å². The lowest BCUT2D eigenvalue weighted by molar-refractivity contribution is 0.344. The van der Waals surface area contributed by atoms with Crippen LogP contribution in [0.2, 0.25) is 0 Å². The van der Waals surface area contributed by atoms with Crippen LogP contribution in [0.5, 0.6) is 5.75 Å². The molecule has 0 bridgehead atoms. The topological polar surface area (TPSA) is 72.6 Å². The molecular weight excluding hydrogens is 312 g/mol. The Morgan fingerprint density at radius 1 is 1.22 bits per heavy atom. The molecule has 1 aliphatic rings. The van der Waals surface area contributed by atoms with Gasteiger partial charge in [-0.3, -0.25) is 0 Å². The van der Waals surface area contributed by atoms with Crippen molar-refractivity contribution in [2.24, 2.45) is 5.73 Å². The van der Waals surface area contributed by atoms with Crippen molar-refractivity contribution in [2.45, 2.75) is 30.7 Å². The quantitative estimate of drug-likeness (QED) is 0.911. The Hall–Kier alpha value is -1.63. The summed E-state index contributed by atoms with van der Waals surface area (Å²) in [6.07, 6.45) is 1.68. The summed E-state index contributed by atoms with van der Waals surface area (Å²) >= 11 is 0. The fraction of sp³-hybridized carbons (Fsp3) is 0.412. The van der Waals surface area contributed by atoms with Crippen LogP contribution in [0.25, 0.3) is 10.8 Å². The molecule has 6 heteroatoms. The highest BCUT2D eigenvalue weighted by atomic mass is 32.2. The fourth-order valence-electron chi connectivity index (χ4n) is 3.24. The SMILES string of the molecule is CCOc1ccc(S(=O)(=O)N2CCCC2CN)c2ccccc12. The Bertz CT molecular complexity index is 805. The van der Waals surface area contributed by atoms with E-state index in [0.717, 1.165) is 18.2 Å². The molecule has 0 aliphatic carbocycles. The lowest BCUT2D eigenvalue weighted by Crippen LogP contribution is -2.39. The van der Waals surface area contributed by atoms with Gasteiger partial charge in [0.2, 0.25) is 10.0 Å². The molecule has 23 heavy (non-hydrogen) atoms. The number of rotatable bonds is 5. The third-order valence-electron chi connectivity index (χ3n) is 4.33. The molecule has 1 aliphatic heterocycles. The summed E-state index contributed by atoms with van der Waals surface area (Å²) in [5, 5.41) is 1.51. The summed E-state index contributed by atoms with van der Waals surface area (Å²) in [5.74, 6) is 0.707. The number of ether oxygens (including phenoxy) is 1. The summed E-state index contributed by atoms with van der Waals surface area (Å²) in [5.41, 5.74) is 5.75. The zero-order valence-electron chi connectivity index (χ0n) is 13.2. The molecule has 0 amide bonds. The Labute approximate surface area is 137 Å². The van der Waals surface area contributed by atoms with Gasteiger partial charge >= 0.3 is 0 Å². The molecule has 1 unspecified atom stereocenters. The van der Waals surface area contributed by atoms with Gasteiger partial charge in [-0.2, -0.15) is 4.31 Å². The Morgan fingerprint density at radius 2 is 1.96 bits per heavy atom. The van der Waals surface area contributed by atoms with Crippen molar-refractivity contribution in [3.05, 3.63) is 36.4 Å². The minimum absolute atomic E-state index is 0.106. The van der Waals surface area contributed by atoms with Gasteiger partial charge in [-0.1, -0.05) is 24.3 Å². The van der Waals surface area contributed by atoms with E-state index in [1.54, 1.807) is 16.4 Å². The minimum atomic E-state index is -3.56. The number of nitrogens with two attached hydrogens (primary N) is 1. The zero-order chi connectivity index (χ0) is 16.4. The lowest BCUT2D eigenvalue weighted by Gasteiger charge is -2.24. The highest BCUT2D eigenvalue weighted by Crippen LogP contribution is 2.34. The van der Waals surface area contributed by atoms with Gasteiger partial charge in [0, 0.05) is 29.9 Å². The second-order valence-electron chi connectivity index (χ2n) is 5.69. The summed E-state index contributed by atoms with van der Waals surface area (Å²) in [6.45, 7) is 3.34. The van der Waals surface area contributed by atoms with Crippen LogP contribution in [0, 0.1) is 0 Å². The van der Waals surface area contributed by atoms with Gasteiger partial charge in [0.25, 0.3) is 0 Å². The van der Waals surface area contributed by atoms with E-state index >= 15 is 0 Å².